The molecular weight excluding hydrogens is 284 g/mol. The molecular formula is C15H14N4OS. The number of imidazole rings is 1. The number of aryl methyl sites for hydroxylation is 1. The van der Waals surface area contributed by atoms with Gasteiger partial charge in [-0.1, -0.05) is 12.1 Å². The maximum atomic E-state index is 11.9. The highest BCUT2D eigenvalue weighted by molar-refractivity contribution is 7.13. The molecule has 0 aliphatic heterocycles. The lowest BCUT2D eigenvalue weighted by Crippen LogP contribution is -2.22. The fourth-order valence-corrected chi connectivity index (χ4v) is 2.77. The zero-order chi connectivity index (χ0) is 14.7. The lowest BCUT2D eigenvalue weighted by Gasteiger charge is -2.02. The van der Waals surface area contributed by atoms with Gasteiger partial charge in [-0.05, 0) is 31.2 Å². The predicted octanol–water partition coefficient (Wildman–Crippen LogP) is 2.56. The minimum absolute atomic E-state index is 0.178. The first-order valence-electron chi connectivity index (χ1n) is 6.50. The van der Waals surface area contributed by atoms with Gasteiger partial charge >= 0.3 is 0 Å². The third-order valence-electron chi connectivity index (χ3n) is 2.98. The summed E-state index contributed by atoms with van der Waals surface area (Å²) in [5, 5.41) is 3.97. The maximum Gasteiger partial charge on any atom is 0.260 e. The van der Waals surface area contributed by atoms with Crippen LogP contribution in [0.15, 0.2) is 47.8 Å². The molecule has 3 rings (SSSR count). The van der Waals surface area contributed by atoms with E-state index in [0.717, 1.165) is 15.9 Å². The molecule has 106 valence electrons. The van der Waals surface area contributed by atoms with Crippen molar-refractivity contribution in [2.24, 2.45) is 5.10 Å². The third-order valence-corrected chi connectivity index (χ3v) is 3.92. The molecule has 0 saturated carbocycles. The van der Waals surface area contributed by atoms with Crippen LogP contribution in [-0.4, -0.2) is 21.7 Å². The first-order chi connectivity index (χ1) is 10.2. The topological polar surface area (TPSA) is 59.3 Å². The quantitative estimate of drug-likeness (QED) is 0.594. The number of nitrogens with one attached hydrogen (secondary N) is 1. The van der Waals surface area contributed by atoms with Crippen molar-refractivity contribution < 1.29 is 4.79 Å². The van der Waals surface area contributed by atoms with Crippen LogP contribution in [0, 0.1) is 6.92 Å². The molecule has 1 aromatic carbocycles. The standard InChI is InChI=1S/C15H14N4OS/c1-11-6-7-12(21-11)8-17-18-15(20)9-19-10-16-13-4-2-3-5-14(13)19/h2-8,10H,9H2,1H3,(H,18,20)/b17-8+. The van der Waals surface area contributed by atoms with Crippen molar-refractivity contribution in [2.75, 3.05) is 0 Å². The van der Waals surface area contributed by atoms with Gasteiger partial charge < -0.3 is 4.57 Å². The monoisotopic (exact) mass is 298 g/mol. The van der Waals surface area contributed by atoms with Crippen LogP contribution < -0.4 is 5.43 Å². The van der Waals surface area contributed by atoms with Crippen LogP contribution >= 0.6 is 11.3 Å². The van der Waals surface area contributed by atoms with Crippen molar-refractivity contribution in [1.29, 1.82) is 0 Å². The number of benzene rings is 1. The van der Waals surface area contributed by atoms with Crippen LogP contribution in [0.2, 0.25) is 0 Å². The van der Waals surface area contributed by atoms with E-state index in [-0.39, 0.29) is 12.5 Å². The molecule has 21 heavy (non-hydrogen) atoms. The van der Waals surface area contributed by atoms with Gasteiger partial charge in [-0.25, -0.2) is 10.4 Å². The Bertz CT molecular complexity index is 803. The molecule has 1 amide bonds. The van der Waals surface area contributed by atoms with Crippen molar-refractivity contribution in [2.45, 2.75) is 13.5 Å². The second kappa shape index (κ2) is 5.88. The average molecular weight is 298 g/mol. The number of aromatic nitrogens is 2. The van der Waals surface area contributed by atoms with Crippen LogP contribution in [0.5, 0.6) is 0 Å². The van der Waals surface area contributed by atoms with Crippen LogP contribution in [0.25, 0.3) is 11.0 Å². The number of thiophene rings is 1. The fourth-order valence-electron chi connectivity index (χ4n) is 2.02. The molecule has 0 atom stereocenters. The second-order valence-corrected chi connectivity index (χ2v) is 5.92. The highest BCUT2D eigenvalue weighted by Crippen LogP contribution is 2.12. The molecule has 2 aromatic heterocycles. The highest BCUT2D eigenvalue weighted by Gasteiger charge is 2.05. The van der Waals surface area contributed by atoms with Crippen molar-refractivity contribution >= 4 is 34.5 Å². The van der Waals surface area contributed by atoms with Crippen molar-refractivity contribution in [3.63, 3.8) is 0 Å². The summed E-state index contributed by atoms with van der Waals surface area (Å²) in [5.74, 6) is -0.178. The Morgan fingerprint density at radius 3 is 3.05 bits per heavy atom. The number of hydrogen-bond donors (Lipinski definition) is 1. The Morgan fingerprint density at radius 2 is 2.24 bits per heavy atom. The van der Waals surface area contributed by atoms with Gasteiger partial charge in [0, 0.05) is 9.75 Å². The summed E-state index contributed by atoms with van der Waals surface area (Å²) in [6.07, 6.45) is 3.32. The first kappa shape index (κ1) is 13.5. The molecule has 3 aromatic rings. The van der Waals surface area contributed by atoms with Crippen LogP contribution in [0.4, 0.5) is 0 Å². The van der Waals surface area contributed by atoms with Gasteiger partial charge in [0.2, 0.25) is 0 Å². The van der Waals surface area contributed by atoms with Crippen LogP contribution in [0.1, 0.15) is 9.75 Å². The third kappa shape index (κ3) is 3.17. The summed E-state index contributed by atoms with van der Waals surface area (Å²) in [7, 11) is 0. The SMILES string of the molecule is Cc1ccc(/C=N/NC(=O)Cn2cnc3ccccc32)s1. The van der Waals surface area contributed by atoms with Gasteiger partial charge in [0.1, 0.15) is 6.54 Å². The van der Waals surface area contributed by atoms with E-state index in [4.69, 9.17) is 0 Å². The van der Waals surface area contributed by atoms with Gasteiger partial charge in [-0.15, -0.1) is 11.3 Å². The summed E-state index contributed by atoms with van der Waals surface area (Å²) in [6.45, 7) is 2.23. The summed E-state index contributed by atoms with van der Waals surface area (Å²) < 4.78 is 1.80. The summed E-state index contributed by atoms with van der Waals surface area (Å²) in [4.78, 5) is 18.4. The Labute approximate surface area is 125 Å². The van der Waals surface area contributed by atoms with Crippen molar-refractivity contribution in [1.82, 2.24) is 15.0 Å². The largest absolute Gasteiger partial charge is 0.321 e. The van der Waals surface area contributed by atoms with Gasteiger partial charge in [-0.3, -0.25) is 4.79 Å². The summed E-state index contributed by atoms with van der Waals surface area (Å²) in [6, 6.07) is 11.7. The molecule has 6 heteroatoms. The normalized spacial score (nSPS) is 11.3. The second-order valence-electron chi connectivity index (χ2n) is 4.60. The molecule has 0 radical (unpaired) electrons. The van der Waals surface area contributed by atoms with E-state index < -0.39 is 0 Å². The predicted molar refractivity (Wildman–Crippen MR) is 84.5 cm³/mol. The smallest absolute Gasteiger partial charge is 0.260 e. The lowest BCUT2D eigenvalue weighted by molar-refractivity contribution is -0.121. The number of amides is 1. The highest BCUT2D eigenvalue weighted by atomic mass is 32.1. The molecule has 0 bridgehead atoms. The van der Waals surface area contributed by atoms with Gasteiger partial charge in [0.25, 0.3) is 5.91 Å². The van der Waals surface area contributed by atoms with Crippen molar-refractivity contribution in [3.8, 4) is 0 Å². The molecule has 0 aliphatic rings. The number of rotatable bonds is 4. The Hall–Kier alpha value is -2.47. The number of carbonyl (C=O) groups excluding carboxylic acids is 1. The van der Waals surface area contributed by atoms with Gasteiger partial charge in [0.15, 0.2) is 0 Å². The lowest BCUT2D eigenvalue weighted by atomic mass is 10.3. The first-order valence-corrected chi connectivity index (χ1v) is 7.32. The van der Waals surface area contributed by atoms with Crippen molar-refractivity contribution in [3.05, 3.63) is 52.5 Å². The van der Waals surface area contributed by atoms with E-state index in [1.54, 1.807) is 28.4 Å². The molecule has 0 spiro atoms. The molecule has 0 unspecified atom stereocenters. The average Bonchev–Trinajstić information content (AvgIpc) is 3.06. The number of fused-ring (bicyclic) bond motifs is 1. The van der Waals surface area contributed by atoms with E-state index >= 15 is 0 Å². The van der Waals surface area contributed by atoms with Gasteiger partial charge in [-0.2, -0.15) is 5.10 Å². The number of hydrazone groups is 1. The minimum Gasteiger partial charge on any atom is -0.321 e. The number of carbonyl (C=O) groups is 1. The van der Waals surface area contributed by atoms with E-state index in [1.165, 1.54) is 4.88 Å². The van der Waals surface area contributed by atoms with E-state index in [0.29, 0.717) is 0 Å². The zero-order valence-corrected chi connectivity index (χ0v) is 12.3. The minimum atomic E-state index is -0.178. The van der Waals surface area contributed by atoms with E-state index in [9.17, 15) is 4.79 Å². The molecule has 0 aliphatic carbocycles. The Balaban J connectivity index is 1.63. The zero-order valence-electron chi connectivity index (χ0n) is 11.5. The number of hydrogen-bond acceptors (Lipinski definition) is 4. The maximum absolute atomic E-state index is 11.9. The molecule has 0 fully saturated rings. The number of para-hydroxylation sites is 2. The fraction of sp³-hybridized carbons (Fsp3) is 0.133. The summed E-state index contributed by atoms with van der Waals surface area (Å²) in [5.41, 5.74) is 4.35. The Morgan fingerprint density at radius 1 is 1.38 bits per heavy atom. The van der Waals surface area contributed by atoms with Crippen LogP contribution in [0.3, 0.4) is 0 Å². The summed E-state index contributed by atoms with van der Waals surface area (Å²) >= 11 is 1.63. The van der Waals surface area contributed by atoms with E-state index in [1.807, 2.05) is 43.3 Å². The van der Waals surface area contributed by atoms with Crippen LogP contribution in [-0.2, 0) is 11.3 Å². The Kier molecular flexibility index (Phi) is 3.79. The molecule has 0 saturated heterocycles. The van der Waals surface area contributed by atoms with E-state index in [2.05, 4.69) is 15.5 Å². The molecule has 5 nitrogen and oxygen atoms in total. The molecule has 1 N–H and O–H groups in total. The number of nitrogens with zero attached hydrogens (tertiary/aromatic N) is 3. The van der Waals surface area contributed by atoms with Gasteiger partial charge in [0.05, 0.1) is 23.6 Å². The molecule has 2 heterocycles.